The molecule has 0 spiro atoms. The average molecular weight is 280 g/mol. The average Bonchev–Trinajstić information content (AvgIpc) is 2.88. The largest absolute Gasteiger partial charge is 0.354 e. The zero-order chi connectivity index (χ0) is 11.0. The summed E-state index contributed by atoms with van der Waals surface area (Å²) in [4.78, 5) is 11.9. The number of anilines is 1. The SMILES string of the molecule is Brc1cccc2[nH]c(NC3=NCCN3)nc12. The Kier molecular flexibility index (Phi) is 2.28. The minimum absolute atomic E-state index is 0.704. The van der Waals surface area contributed by atoms with E-state index in [0.29, 0.717) is 5.95 Å². The maximum absolute atomic E-state index is 4.44. The van der Waals surface area contributed by atoms with E-state index in [1.54, 1.807) is 0 Å². The standard InChI is InChI=1S/C10H10BrN5/c11-6-2-1-3-7-8(6)15-10(14-7)16-9-12-4-5-13-9/h1-3H,4-5H2,(H3,12,13,14,15,16). The van der Waals surface area contributed by atoms with Gasteiger partial charge in [0.2, 0.25) is 5.95 Å². The number of aromatic amines is 1. The fraction of sp³-hybridized carbons (Fsp3) is 0.200. The van der Waals surface area contributed by atoms with Crippen molar-refractivity contribution in [2.24, 2.45) is 4.99 Å². The monoisotopic (exact) mass is 279 g/mol. The van der Waals surface area contributed by atoms with Gasteiger partial charge in [0.1, 0.15) is 5.52 Å². The van der Waals surface area contributed by atoms with Crippen molar-refractivity contribution >= 4 is 38.9 Å². The van der Waals surface area contributed by atoms with E-state index in [4.69, 9.17) is 0 Å². The van der Waals surface area contributed by atoms with Crippen molar-refractivity contribution in [3.63, 3.8) is 0 Å². The van der Waals surface area contributed by atoms with Gasteiger partial charge >= 0.3 is 0 Å². The molecule has 1 aromatic carbocycles. The molecule has 0 saturated carbocycles. The highest BCUT2D eigenvalue weighted by atomic mass is 79.9. The Labute approximate surface area is 100 Å². The molecule has 1 aromatic heterocycles. The number of aromatic nitrogens is 2. The lowest BCUT2D eigenvalue weighted by Gasteiger charge is -2.01. The van der Waals surface area contributed by atoms with Gasteiger partial charge in [0.05, 0.1) is 12.1 Å². The zero-order valence-electron chi connectivity index (χ0n) is 8.42. The van der Waals surface area contributed by atoms with Crippen LogP contribution in [0.2, 0.25) is 0 Å². The summed E-state index contributed by atoms with van der Waals surface area (Å²) in [5.41, 5.74) is 1.92. The number of benzene rings is 1. The summed E-state index contributed by atoms with van der Waals surface area (Å²) in [5.74, 6) is 1.48. The van der Waals surface area contributed by atoms with E-state index in [0.717, 1.165) is 34.6 Å². The minimum atomic E-state index is 0.704. The van der Waals surface area contributed by atoms with Crippen molar-refractivity contribution in [1.82, 2.24) is 15.3 Å². The van der Waals surface area contributed by atoms with Gasteiger partial charge in [-0.2, -0.15) is 0 Å². The van der Waals surface area contributed by atoms with Crippen molar-refractivity contribution in [3.8, 4) is 0 Å². The van der Waals surface area contributed by atoms with Crippen LogP contribution in [0.25, 0.3) is 11.0 Å². The molecule has 0 atom stereocenters. The first-order valence-corrected chi connectivity index (χ1v) is 5.82. The Morgan fingerprint density at radius 3 is 3.06 bits per heavy atom. The smallest absolute Gasteiger partial charge is 0.208 e. The lowest BCUT2D eigenvalue weighted by Crippen LogP contribution is -2.26. The Morgan fingerprint density at radius 2 is 2.31 bits per heavy atom. The lowest BCUT2D eigenvalue weighted by atomic mass is 10.3. The number of hydrogen-bond acceptors (Lipinski definition) is 4. The Balaban J connectivity index is 1.96. The molecular weight excluding hydrogens is 270 g/mol. The number of rotatable bonds is 1. The second-order valence-corrected chi connectivity index (χ2v) is 4.36. The number of nitrogens with one attached hydrogen (secondary N) is 3. The summed E-state index contributed by atoms with van der Waals surface area (Å²) >= 11 is 3.47. The van der Waals surface area contributed by atoms with Crippen LogP contribution in [0.5, 0.6) is 0 Å². The summed E-state index contributed by atoms with van der Waals surface area (Å²) in [6, 6.07) is 5.93. The van der Waals surface area contributed by atoms with Crippen LogP contribution >= 0.6 is 15.9 Å². The summed E-state index contributed by atoms with van der Waals surface area (Å²) in [5, 5.41) is 6.24. The summed E-state index contributed by atoms with van der Waals surface area (Å²) < 4.78 is 0.982. The van der Waals surface area contributed by atoms with Gasteiger partial charge < -0.3 is 10.3 Å². The number of imidazole rings is 1. The maximum atomic E-state index is 4.44. The normalized spacial score (nSPS) is 14.9. The number of aliphatic imine (C=N–C) groups is 1. The highest BCUT2D eigenvalue weighted by Gasteiger charge is 2.09. The number of guanidine groups is 1. The molecule has 5 nitrogen and oxygen atoms in total. The molecule has 0 radical (unpaired) electrons. The molecule has 0 bridgehead atoms. The number of nitrogens with zero attached hydrogens (tertiary/aromatic N) is 2. The van der Waals surface area contributed by atoms with Gasteiger partial charge in [-0.05, 0) is 28.1 Å². The van der Waals surface area contributed by atoms with Crippen LogP contribution in [0, 0.1) is 0 Å². The molecule has 0 fully saturated rings. The van der Waals surface area contributed by atoms with E-state index in [2.05, 4.69) is 41.5 Å². The van der Waals surface area contributed by atoms with E-state index >= 15 is 0 Å². The fourth-order valence-electron chi connectivity index (χ4n) is 1.65. The van der Waals surface area contributed by atoms with Crippen molar-refractivity contribution in [1.29, 1.82) is 0 Å². The van der Waals surface area contributed by atoms with Gasteiger partial charge in [-0.3, -0.25) is 10.3 Å². The third-order valence-corrected chi connectivity index (χ3v) is 3.01. The fourth-order valence-corrected chi connectivity index (χ4v) is 2.10. The first-order chi connectivity index (χ1) is 7.83. The molecule has 2 heterocycles. The molecular formula is C10H10BrN5. The van der Waals surface area contributed by atoms with E-state index in [1.165, 1.54) is 0 Å². The zero-order valence-corrected chi connectivity index (χ0v) is 10.0. The molecule has 0 saturated heterocycles. The minimum Gasteiger partial charge on any atom is -0.354 e. The Morgan fingerprint density at radius 1 is 1.38 bits per heavy atom. The molecule has 6 heteroatoms. The summed E-state index contributed by atoms with van der Waals surface area (Å²) in [7, 11) is 0. The molecule has 1 aliphatic rings. The van der Waals surface area contributed by atoms with Gasteiger partial charge in [0, 0.05) is 11.0 Å². The quantitative estimate of drug-likeness (QED) is 0.745. The van der Waals surface area contributed by atoms with E-state index in [-0.39, 0.29) is 0 Å². The van der Waals surface area contributed by atoms with Crippen LogP contribution in [0.1, 0.15) is 0 Å². The first kappa shape index (κ1) is 9.65. The topological polar surface area (TPSA) is 65.1 Å². The second-order valence-electron chi connectivity index (χ2n) is 3.50. The van der Waals surface area contributed by atoms with E-state index < -0.39 is 0 Å². The molecule has 2 aromatic rings. The van der Waals surface area contributed by atoms with Crippen molar-refractivity contribution in [2.45, 2.75) is 0 Å². The molecule has 1 aliphatic heterocycles. The predicted molar refractivity (Wildman–Crippen MR) is 67.7 cm³/mol. The molecule has 3 N–H and O–H groups in total. The van der Waals surface area contributed by atoms with E-state index in [1.807, 2.05) is 18.2 Å². The Hall–Kier alpha value is -1.56. The number of para-hydroxylation sites is 1. The maximum Gasteiger partial charge on any atom is 0.208 e. The summed E-state index contributed by atoms with van der Waals surface area (Å²) in [6.45, 7) is 1.69. The molecule has 0 amide bonds. The molecule has 0 aliphatic carbocycles. The predicted octanol–water partition coefficient (Wildman–Crippen LogP) is 1.70. The van der Waals surface area contributed by atoms with Crippen LogP contribution < -0.4 is 10.6 Å². The van der Waals surface area contributed by atoms with Crippen LogP contribution in [0.15, 0.2) is 27.7 Å². The highest BCUT2D eigenvalue weighted by molar-refractivity contribution is 9.10. The van der Waals surface area contributed by atoms with Gasteiger partial charge in [-0.25, -0.2) is 4.98 Å². The lowest BCUT2D eigenvalue weighted by molar-refractivity contribution is 0.958. The van der Waals surface area contributed by atoms with Crippen molar-refractivity contribution in [3.05, 3.63) is 22.7 Å². The van der Waals surface area contributed by atoms with E-state index in [9.17, 15) is 0 Å². The third-order valence-electron chi connectivity index (χ3n) is 2.37. The van der Waals surface area contributed by atoms with Crippen molar-refractivity contribution in [2.75, 3.05) is 18.4 Å². The molecule has 16 heavy (non-hydrogen) atoms. The van der Waals surface area contributed by atoms with Gasteiger partial charge in [-0.15, -0.1) is 0 Å². The van der Waals surface area contributed by atoms with Crippen LogP contribution in [-0.4, -0.2) is 29.0 Å². The first-order valence-electron chi connectivity index (χ1n) is 5.02. The van der Waals surface area contributed by atoms with Gasteiger partial charge in [0.25, 0.3) is 0 Å². The molecule has 0 unspecified atom stereocenters. The summed E-state index contributed by atoms with van der Waals surface area (Å²) in [6.07, 6.45) is 0. The molecule has 3 rings (SSSR count). The number of fused-ring (bicyclic) bond motifs is 1. The van der Waals surface area contributed by atoms with Crippen molar-refractivity contribution < 1.29 is 0 Å². The number of halogens is 1. The number of H-pyrrole nitrogens is 1. The Bertz CT molecular complexity index is 559. The van der Waals surface area contributed by atoms with Gasteiger partial charge in [-0.1, -0.05) is 6.07 Å². The van der Waals surface area contributed by atoms with Crippen LogP contribution in [0.4, 0.5) is 5.95 Å². The van der Waals surface area contributed by atoms with Crippen LogP contribution in [-0.2, 0) is 0 Å². The highest BCUT2D eigenvalue weighted by Crippen LogP contribution is 2.22. The third kappa shape index (κ3) is 1.65. The van der Waals surface area contributed by atoms with Crippen LogP contribution in [0.3, 0.4) is 0 Å². The van der Waals surface area contributed by atoms with Gasteiger partial charge in [0.15, 0.2) is 5.96 Å². The number of hydrogen-bond donors (Lipinski definition) is 3. The molecule has 82 valence electrons. The second kappa shape index (κ2) is 3.79.